The lowest BCUT2D eigenvalue weighted by Crippen LogP contribution is -2.33. The number of aromatic nitrogens is 1. The Bertz CT molecular complexity index is 554. The molecule has 0 aliphatic heterocycles. The number of nitrogens with one attached hydrogen (secondary N) is 1. The predicted molar refractivity (Wildman–Crippen MR) is 74.2 cm³/mol. The fourth-order valence-corrected chi connectivity index (χ4v) is 1.80. The van der Waals surface area contributed by atoms with Crippen molar-refractivity contribution in [3.8, 4) is 0 Å². The zero-order valence-corrected chi connectivity index (χ0v) is 10.8. The standard InChI is InChI=1S/C15H17N3O/c1-11-6-5-9-13(18-11)10-17-15(19)14(16)12-7-3-2-4-8-12/h2-9,14H,10,16H2,1H3,(H,17,19). The average Bonchev–Trinajstić information content (AvgIpc) is 2.45. The van der Waals surface area contributed by atoms with Gasteiger partial charge in [0.1, 0.15) is 6.04 Å². The molecule has 0 aliphatic rings. The number of rotatable bonds is 4. The highest BCUT2D eigenvalue weighted by Crippen LogP contribution is 2.09. The Kier molecular flexibility index (Phi) is 4.26. The van der Waals surface area contributed by atoms with Gasteiger partial charge in [-0.2, -0.15) is 0 Å². The first-order valence-electron chi connectivity index (χ1n) is 6.17. The maximum Gasteiger partial charge on any atom is 0.241 e. The van der Waals surface area contributed by atoms with E-state index in [0.717, 1.165) is 17.0 Å². The largest absolute Gasteiger partial charge is 0.349 e. The lowest BCUT2D eigenvalue weighted by atomic mass is 10.1. The number of aryl methyl sites for hydroxylation is 1. The number of nitrogens with zero attached hydrogens (tertiary/aromatic N) is 1. The van der Waals surface area contributed by atoms with Gasteiger partial charge in [-0.3, -0.25) is 9.78 Å². The number of benzene rings is 1. The summed E-state index contributed by atoms with van der Waals surface area (Å²) >= 11 is 0. The SMILES string of the molecule is Cc1cccc(CNC(=O)C(N)c2ccccc2)n1. The first-order valence-corrected chi connectivity index (χ1v) is 6.17. The summed E-state index contributed by atoms with van der Waals surface area (Å²) < 4.78 is 0. The minimum Gasteiger partial charge on any atom is -0.349 e. The van der Waals surface area contributed by atoms with E-state index < -0.39 is 6.04 Å². The van der Waals surface area contributed by atoms with Crippen LogP contribution in [0.25, 0.3) is 0 Å². The Morgan fingerprint density at radius 3 is 2.63 bits per heavy atom. The maximum absolute atomic E-state index is 11.9. The molecule has 4 heteroatoms. The minimum absolute atomic E-state index is 0.200. The van der Waals surface area contributed by atoms with E-state index in [2.05, 4.69) is 10.3 Å². The molecule has 0 aliphatic carbocycles. The third kappa shape index (κ3) is 3.63. The normalized spacial score (nSPS) is 11.9. The first kappa shape index (κ1) is 13.2. The monoisotopic (exact) mass is 255 g/mol. The number of hydrogen-bond donors (Lipinski definition) is 2. The van der Waals surface area contributed by atoms with E-state index in [1.54, 1.807) is 0 Å². The highest BCUT2D eigenvalue weighted by molar-refractivity contribution is 5.82. The molecule has 0 bridgehead atoms. The van der Waals surface area contributed by atoms with Gasteiger partial charge in [-0.05, 0) is 24.6 Å². The summed E-state index contributed by atoms with van der Waals surface area (Å²) in [4.78, 5) is 16.3. The molecule has 0 fully saturated rings. The van der Waals surface area contributed by atoms with Crippen molar-refractivity contribution in [3.63, 3.8) is 0 Å². The highest BCUT2D eigenvalue weighted by Gasteiger charge is 2.14. The number of carbonyl (C=O) groups excluding carboxylic acids is 1. The van der Waals surface area contributed by atoms with Gasteiger partial charge in [-0.15, -0.1) is 0 Å². The van der Waals surface area contributed by atoms with Gasteiger partial charge in [0.15, 0.2) is 0 Å². The molecule has 3 N–H and O–H groups in total. The lowest BCUT2D eigenvalue weighted by Gasteiger charge is -2.12. The number of hydrogen-bond acceptors (Lipinski definition) is 3. The fourth-order valence-electron chi connectivity index (χ4n) is 1.80. The Morgan fingerprint density at radius 2 is 1.95 bits per heavy atom. The summed E-state index contributed by atoms with van der Waals surface area (Å²) in [6.45, 7) is 2.31. The van der Waals surface area contributed by atoms with Crippen LogP contribution in [0.4, 0.5) is 0 Å². The Labute approximate surface area is 112 Å². The zero-order chi connectivity index (χ0) is 13.7. The molecule has 0 spiro atoms. The Balaban J connectivity index is 1.95. The average molecular weight is 255 g/mol. The second kappa shape index (κ2) is 6.11. The van der Waals surface area contributed by atoms with Gasteiger partial charge < -0.3 is 11.1 Å². The van der Waals surface area contributed by atoms with E-state index in [1.807, 2.05) is 55.5 Å². The zero-order valence-electron chi connectivity index (χ0n) is 10.8. The molecule has 1 heterocycles. The van der Waals surface area contributed by atoms with Crippen LogP contribution < -0.4 is 11.1 Å². The summed E-state index contributed by atoms with van der Waals surface area (Å²) in [5.74, 6) is -0.200. The summed E-state index contributed by atoms with van der Waals surface area (Å²) in [6, 6.07) is 14.4. The molecule has 4 nitrogen and oxygen atoms in total. The van der Waals surface area contributed by atoms with Crippen molar-refractivity contribution in [3.05, 3.63) is 65.5 Å². The van der Waals surface area contributed by atoms with Gasteiger partial charge in [0.2, 0.25) is 5.91 Å². The minimum atomic E-state index is -0.647. The number of amides is 1. The third-order valence-corrected chi connectivity index (χ3v) is 2.83. The van der Waals surface area contributed by atoms with Gasteiger partial charge in [-0.25, -0.2) is 0 Å². The number of carbonyl (C=O) groups is 1. The van der Waals surface area contributed by atoms with E-state index in [4.69, 9.17) is 5.73 Å². The second-order valence-corrected chi connectivity index (χ2v) is 4.38. The van der Waals surface area contributed by atoms with Crippen LogP contribution >= 0.6 is 0 Å². The Hall–Kier alpha value is -2.20. The van der Waals surface area contributed by atoms with Crippen LogP contribution in [0.5, 0.6) is 0 Å². The molecule has 1 unspecified atom stereocenters. The fraction of sp³-hybridized carbons (Fsp3) is 0.200. The van der Waals surface area contributed by atoms with Crippen molar-refractivity contribution < 1.29 is 4.79 Å². The van der Waals surface area contributed by atoms with E-state index in [1.165, 1.54) is 0 Å². The van der Waals surface area contributed by atoms with Crippen molar-refractivity contribution >= 4 is 5.91 Å². The van der Waals surface area contributed by atoms with Crippen molar-refractivity contribution in [1.82, 2.24) is 10.3 Å². The molecule has 2 aromatic rings. The van der Waals surface area contributed by atoms with Crippen molar-refractivity contribution in [2.45, 2.75) is 19.5 Å². The third-order valence-electron chi connectivity index (χ3n) is 2.83. The van der Waals surface area contributed by atoms with Crippen LogP contribution in [0.15, 0.2) is 48.5 Å². The van der Waals surface area contributed by atoms with Gasteiger partial charge >= 0.3 is 0 Å². The topological polar surface area (TPSA) is 68.0 Å². The van der Waals surface area contributed by atoms with Gasteiger partial charge in [0.05, 0.1) is 12.2 Å². The van der Waals surface area contributed by atoms with E-state index in [-0.39, 0.29) is 5.91 Å². The second-order valence-electron chi connectivity index (χ2n) is 4.38. The van der Waals surface area contributed by atoms with Crippen LogP contribution in [0.2, 0.25) is 0 Å². The van der Waals surface area contributed by atoms with E-state index in [9.17, 15) is 4.79 Å². The van der Waals surface area contributed by atoms with Gasteiger partial charge in [-0.1, -0.05) is 36.4 Å². The van der Waals surface area contributed by atoms with Gasteiger partial charge in [0.25, 0.3) is 0 Å². The van der Waals surface area contributed by atoms with Crippen LogP contribution in [0.3, 0.4) is 0 Å². The maximum atomic E-state index is 11.9. The molecular formula is C15H17N3O. The molecule has 1 aromatic heterocycles. The molecule has 98 valence electrons. The summed E-state index contributed by atoms with van der Waals surface area (Å²) in [5, 5.41) is 2.80. The summed E-state index contributed by atoms with van der Waals surface area (Å²) in [6.07, 6.45) is 0. The number of pyridine rings is 1. The van der Waals surface area contributed by atoms with Crippen molar-refractivity contribution in [2.75, 3.05) is 0 Å². The molecule has 2 rings (SSSR count). The molecule has 1 aromatic carbocycles. The molecule has 0 saturated heterocycles. The molecular weight excluding hydrogens is 238 g/mol. The molecule has 19 heavy (non-hydrogen) atoms. The van der Waals surface area contributed by atoms with Gasteiger partial charge in [0, 0.05) is 5.69 Å². The van der Waals surface area contributed by atoms with Crippen LogP contribution in [-0.4, -0.2) is 10.9 Å². The predicted octanol–water partition coefficient (Wildman–Crippen LogP) is 1.71. The highest BCUT2D eigenvalue weighted by atomic mass is 16.2. The summed E-state index contributed by atoms with van der Waals surface area (Å²) in [7, 11) is 0. The number of nitrogens with two attached hydrogens (primary N) is 1. The smallest absolute Gasteiger partial charge is 0.241 e. The lowest BCUT2D eigenvalue weighted by molar-refractivity contribution is -0.122. The summed E-state index contributed by atoms with van der Waals surface area (Å²) in [5.41, 5.74) is 8.46. The van der Waals surface area contributed by atoms with E-state index in [0.29, 0.717) is 6.54 Å². The van der Waals surface area contributed by atoms with E-state index >= 15 is 0 Å². The quantitative estimate of drug-likeness (QED) is 0.873. The molecule has 1 atom stereocenters. The van der Waals surface area contributed by atoms with Crippen molar-refractivity contribution in [2.24, 2.45) is 5.73 Å². The molecule has 1 amide bonds. The van der Waals surface area contributed by atoms with Crippen LogP contribution in [-0.2, 0) is 11.3 Å². The van der Waals surface area contributed by atoms with Crippen LogP contribution in [0.1, 0.15) is 23.0 Å². The Morgan fingerprint density at radius 1 is 1.21 bits per heavy atom. The molecule has 0 radical (unpaired) electrons. The first-order chi connectivity index (χ1) is 9.16. The van der Waals surface area contributed by atoms with Crippen LogP contribution in [0, 0.1) is 6.92 Å². The van der Waals surface area contributed by atoms with Crippen molar-refractivity contribution in [1.29, 1.82) is 0 Å². The molecule has 0 saturated carbocycles.